The first-order chi connectivity index (χ1) is 14.1. The molecule has 144 valence electrons. The number of nitrogens with zero attached hydrogens (tertiary/aromatic N) is 3. The van der Waals surface area contributed by atoms with Crippen LogP contribution in [0.2, 0.25) is 0 Å². The number of amides is 3. The molecule has 0 saturated heterocycles. The molecule has 0 atom stereocenters. The van der Waals surface area contributed by atoms with Gasteiger partial charge in [-0.25, -0.2) is 4.98 Å². The molecule has 0 radical (unpaired) electrons. The number of rotatable bonds is 6. The molecule has 4 rings (SSSR count). The summed E-state index contributed by atoms with van der Waals surface area (Å²) >= 11 is 1.33. The molecule has 0 saturated carbocycles. The van der Waals surface area contributed by atoms with E-state index in [-0.39, 0.29) is 13.1 Å². The lowest BCUT2D eigenvalue weighted by Gasteiger charge is -2.21. The highest BCUT2D eigenvalue weighted by molar-refractivity contribution is 7.14. The number of imide groups is 1. The van der Waals surface area contributed by atoms with Crippen LogP contribution in [0.5, 0.6) is 0 Å². The van der Waals surface area contributed by atoms with Crippen molar-refractivity contribution in [3.8, 4) is 11.3 Å². The molecule has 0 fully saturated rings. The number of carbonyl (C=O) groups is 3. The highest BCUT2D eigenvalue weighted by Gasteiger charge is 2.37. The molecule has 6 nitrogen and oxygen atoms in total. The standard InChI is InChI=1S/C22H17N3O3S/c1-2-12-24(22-23-18(14-29-22)15-8-4-3-5-9-15)19(26)13-25-20(27)16-10-6-7-11-17(16)21(25)28/h2-11,14H,1,12-13H2. The topological polar surface area (TPSA) is 70.6 Å². The van der Waals surface area contributed by atoms with Gasteiger partial charge in [-0.05, 0) is 12.1 Å². The SMILES string of the molecule is C=CCN(C(=O)CN1C(=O)c2ccccc2C1=O)c1nc(-c2ccccc2)cs1. The van der Waals surface area contributed by atoms with Crippen molar-refractivity contribution in [1.29, 1.82) is 0 Å². The van der Waals surface area contributed by atoms with E-state index in [4.69, 9.17) is 0 Å². The molecule has 29 heavy (non-hydrogen) atoms. The Hall–Kier alpha value is -3.58. The van der Waals surface area contributed by atoms with Crippen molar-refractivity contribution < 1.29 is 14.4 Å². The third kappa shape index (κ3) is 3.48. The minimum Gasteiger partial charge on any atom is -0.283 e. The van der Waals surface area contributed by atoms with Gasteiger partial charge in [-0.3, -0.25) is 24.2 Å². The molecule has 0 unspecified atom stereocenters. The van der Waals surface area contributed by atoms with Crippen molar-refractivity contribution in [3.63, 3.8) is 0 Å². The molecule has 0 bridgehead atoms. The summed E-state index contributed by atoms with van der Waals surface area (Å²) in [5, 5.41) is 2.36. The zero-order valence-corrected chi connectivity index (χ0v) is 16.3. The highest BCUT2D eigenvalue weighted by Crippen LogP contribution is 2.28. The van der Waals surface area contributed by atoms with E-state index in [9.17, 15) is 14.4 Å². The summed E-state index contributed by atoms with van der Waals surface area (Å²) in [6, 6.07) is 16.2. The van der Waals surface area contributed by atoms with Crippen LogP contribution >= 0.6 is 11.3 Å². The molecule has 0 spiro atoms. The average molecular weight is 403 g/mol. The van der Waals surface area contributed by atoms with Crippen LogP contribution in [0, 0.1) is 0 Å². The molecule has 1 aliphatic rings. The van der Waals surface area contributed by atoms with Gasteiger partial charge in [-0.1, -0.05) is 48.5 Å². The summed E-state index contributed by atoms with van der Waals surface area (Å²) in [6.07, 6.45) is 1.59. The van der Waals surface area contributed by atoms with Gasteiger partial charge in [-0.15, -0.1) is 17.9 Å². The van der Waals surface area contributed by atoms with Crippen LogP contribution in [-0.2, 0) is 4.79 Å². The van der Waals surface area contributed by atoms with E-state index in [0.29, 0.717) is 16.3 Å². The number of hydrogen-bond donors (Lipinski definition) is 0. The molecule has 3 aromatic rings. The van der Waals surface area contributed by atoms with E-state index in [1.807, 2.05) is 35.7 Å². The van der Waals surface area contributed by atoms with E-state index in [1.54, 1.807) is 30.3 Å². The molecule has 0 N–H and O–H groups in total. The zero-order chi connectivity index (χ0) is 20.4. The van der Waals surface area contributed by atoms with E-state index >= 15 is 0 Å². The predicted octanol–water partition coefficient (Wildman–Crippen LogP) is 3.63. The number of thiazole rings is 1. The number of hydrogen-bond acceptors (Lipinski definition) is 5. The molecular weight excluding hydrogens is 386 g/mol. The summed E-state index contributed by atoms with van der Waals surface area (Å²) in [5.74, 6) is -1.31. The Kier molecular flexibility index (Phi) is 5.05. The molecular formula is C22H17N3O3S. The maximum Gasteiger partial charge on any atom is 0.262 e. The van der Waals surface area contributed by atoms with Gasteiger partial charge in [0.1, 0.15) is 6.54 Å². The normalized spacial score (nSPS) is 12.8. The molecule has 7 heteroatoms. The van der Waals surface area contributed by atoms with Crippen LogP contribution in [0.25, 0.3) is 11.3 Å². The van der Waals surface area contributed by atoms with Crippen LogP contribution < -0.4 is 4.90 Å². The first-order valence-electron chi connectivity index (χ1n) is 8.97. The van der Waals surface area contributed by atoms with Gasteiger partial charge < -0.3 is 0 Å². The maximum absolute atomic E-state index is 13.0. The monoisotopic (exact) mass is 403 g/mol. The Morgan fingerprint density at radius 3 is 2.28 bits per heavy atom. The first kappa shape index (κ1) is 18.8. The molecule has 0 aliphatic carbocycles. The number of anilines is 1. The predicted molar refractivity (Wildman–Crippen MR) is 112 cm³/mol. The minimum atomic E-state index is -0.457. The highest BCUT2D eigenvalue weighted by atomic mass is 32.1. The lowest BCUT2D eigenvalue weighted by atomic mass is 10.1. The van der Waals surface area contributed by atoms with Crippen molar-refractivity contribution in [2.24, 2.45) is 0 Å². The number of carbonyl (C=O) groups excluding carboxylic acids is 3. The second-order valence-electron chi connectivity index (χ2n) is 6.42. The lowest BCUT2D eigenvalue weighted by Crippen LogP contribution is -2.43. The fourth-order valence-electron chi connectivity index (χ4n) is 3.15. The van der Waals surface area contributed by atoms with E-state index < -0.39 is 17.7 Å². The van der Waals surface area contributed by atoms with Crippen molar-refractivity contribution in [3.05, 3.63) is 83.8 Å². The van der Waals surface area contributed by atoms with Crippen molar-refractivity contribution in [2.45, 2.75) is 0 Å². The van der Waals surface area contributed by atoms with Gasteiger partial charge in [0.05, 0.1) is 16.8 Å². The van der Waals surface area contributed by atoms with Crippen LogP contribution in [0.15, 0.2) is 72.6 Å². The maximum atomic E-state index is 13.0. The fourth-order valence-corrected chi connectivity index (χ4v) is 4.01. The van der Waals surface area contributed by atoms with E-state index in [1.165, 1.54) is 16.2 Å². The van der Waals surface area contributed by atoms with Gasteiger partial charge >= 0.3 is 0 Å². The lowest BCUT2D eigenvalue weighted by molar-refractivity contribution is -0.118. The Morgan fingerprint density at radius 1 is 1.03 bits per heavy atom. The summed E-state index contributed by atoms with van der Waals surface area (Å²) in [5.41, 5.74) is 2.34. The number of fused-ring (bicyclic) bond motifs is 1. The second kappa shape index (κ2) is 7.81. The van der Waals surface area contributed by atoms with Crippen molar-refractivity contribution in [2.75, 3.05) is 18.0 Å². The summed E-state index contributed by atoms with van der Waals surface area (Å²) < 4.78 is 0. The Labute approximate surface area is 171 Å². The van der Waals surface area contributed by atoms with Gasteiger partial charge in [0.15, 0.2) is 5.13 Å². The summed E-state index contributed by atoms with van der Waals surface area (Å²) in [4.78, 5) is 45.1. The average Bonchev–Trinajstić information content (AvgIpc) is 3.33. The molecule has 1 aliphatic heterocycles. The molecule has 1 aromatic heterocycles. The van der Waals surface area contributed by atoms with Gasteiger partial charge in [0, 0.05) is 17.5 Å². The Balaban J connectivity index is 1.56. The van der Waals surface area contributed by atoms with Crippen LogP contribution in [-0.4, -0.2) is 40.7 Å². The zero-order valence-electron chi connectivity index (χ0n) is 15.4. The number of aromatic nitrogens is 1. The van der Waals surface area contributed by atoms with Gasteiger partial charge in [0.2, 0.25) is 5.91 Å². The smallest absolute Gasteiger partial charge is 0.262 e. The second-order valence-corrected chi connectivity index (χ2v) is 7.25. The van der Waals surface area contributed by atoms with Crippen LogP contribution in [0.4, 0.5) is 5.13 Å². The van der Waals surface area contributed by atoms with E-state index in [2.05, 4.69) is 11.6 Å². The Bertz CT molecular complexity index is 1070. The third-order valence-corrected chi connectivity index (χ3v) is 5.44. The van der Waals surface area contributed by atoms with Crippen molar-refractivity contribution in [1.82, 2.24) is 9.88 Å². The van der Waals surface area contributed by atoms with Crippen molar-refractivity contribution >= 4 is 34.2 Å². The largest absolute Gasteiger partial charge is 0.283 e. The van der Waals surface area contributed by atoms with Crippen LogP contribution in [0.1, 0.15) is 20.7 Å². The summed E-state index contributed by atoms with van der Waals surface area (Å²) in [7, 11) is 0. The Morgan fingerprint density at radius 2 is 1.66 bits per heavy atom. The van der Waals surface area contributed by atoms with Gasteiger partial charge in [-0.2, -0.15) is 0 Å². The minimum absolute atomic E-state index is 0.226. The van der Waals surface area contributed by atoms with Gasteiger partial charge in [0.25, 0.3) is 11.8 Å². The molecule has 2 aromatic carbocycles. The fraction of sp³-hybridized carbons (Fsp3) is 0.0909. The molecule has 2 heterocycles. The summed E-state index contributed by atoms with van der Waals surface area (Å²) in [6.45, 7) is 3.58. The third-order valence-electron chi connectivity index (χ3n) is 4.58. The molecule has 3 amide bonds. The van der Waals surface area contributed by atoms with E-state index in [0.717, 1.165) is 16.2 Å². The first-order valence-corrected chi connectivity index (χ1v) is 9.85. The number of benzene rings is 2. The van der Waals surface area contributed by atoms with Crippen LogP contribution in [0.3, 0.4) is 0 Å². The quantitative estimate of drug-likeness (QED) is 0.466.